The van der Waals surface area contributed by atoms with Gasteiger partial charge in [-0.2, -0.15) is 0 Å². The van der Waals surface area contributed by atoms with Crippen molar-refractivity contribution in [1.29, 1.82) is 0 Å². The molecule has 0 aliphatic carbocycles. The third-order valence-electron chi connectivity index (χ3n) is 3.09. The summed E-state index contributed by atoms with van der Waals surface area (Å²) >= 11 is 6.10. The standard InChI is InChI=1S/C15H13ClFNO2/c1-9-2-3-13(12(17)4-9)18-7-10-5-11(16)15-14(6-10)19-8-20-15/h2-6,18H,7-8H2,1H3. The molecule has 0 atom stereocenters. The maximum absolute atomic E-state index is 13.7. The molecule has 0 amide bonds. The number of aryl methyl sites for hydroxylation is 1. The van der Waals surface area contributed by atoms with Crippen LogP contribution in [-0.4, -0.2) is 6.79 Å². The number of hydrogen-bond donors (Lipinski definition) is 1. The van der Waals surface area contributed by atoms with Crippen molar-refractivity contribution in [2.45, 2.75) is 13.5 Å². The van der Waals surface area contributed by atoms with Gasteiger partial charge in [0.15, 0.2) is 11.5 Å². The van der Waals surface area contributed by atoms with Gasteiger partial charge in [-0.15, -0.1) is 0 Å². The highest BCUT2D eigenvalue weighted by molar-refractivity contribution is 6.32. The Labute approximate surface area is 121 Å². The lowest BCUT2D eigenvalue weighted by molar-refractivity contribution is 0.174. The van der Waals surface area contributed by atoms with Crippen molar-refractivity contribution in [3.05, 3.63) is 52.3 Å². The first-order valence-electron chi connectivity index (χ1n) is 6.21. The molecule has 0 fully saturated rings. The van der Waals surface area contributed by atoms with Gasteiger partial charge in [-0.1, -0.05) is 17.7 Å². The van der Waals surface area contributed by atoms with E-state index in [-0.39, 0.29) is 12.6 Å². The monoisotopic (exact) mass is 293 g/mol. The molecule has 5 heteroatoms. The van der Waals surface area contributed by atoms with Crippen LogP contribution < -0.4 is 14.8 Å². The largest absolute Gasteiger partial charge is 0.454 e. The molecule has 0 saturated heterocycles. The topological polar surface area (TPSA) is 30.5 Å². The molecular formula is C15H13ClFNO2. The highest BCUT2D eigenvalue weighted by atomic mass is 35.5. The van der Waals surface area contributed by atoms with Crippen LogP contribution in [0.4, 0.5) is 10.1 Å². The molecule has 3 nitrogen and oxygen atoms in total. The summed E-state index contributed by atoms with van der Waals surface area (Å²) in [4.78, 5) is 0. The summed E-state index contributed by atoms with van der Waals surface area (Å²) in [6.07, 6.45) is 0. The fourth-order valence-corrected chi connectivity index (χ4v) is 2.37. The summed E-state index contributed by atoms with van der Waals surface area (Å²) < 4.78 is 24.3. The number of nitrogens with one attached hydrogen (secondary N) is 1. The minimum atomic E-state index is -0.267. The van der Waals surface area contributed by atoms with E-state index in [9.17, 15) is 4.39 Å². The van der Waals surface area contributed by atoms with E-state index in [0.29, 0.717) is 28.8 Å². The summed E-state index contributed by atoms with van der Waals surface area (Å²) in [5.74, 6) is 0.924. The minimum Gasteiger partial charge on any atom is -0.454 e. The normalized spacial score (nSPS) is 12.6. The van der Waals surface area contributed by atoms with Gasteiger partial charge in [0.2, 0.25) is 6.79 Å². The van der Waals surface area contributed by atoms with E-state index in [1.807, 2.05) is 19.1 Å². The lowest BCUT2D eigenvalue weighted by atomic mass is 10.2. The molecule has 1 heterocycles. The molecule has 0 radical (unpaired) electrons. The van der Waals surface area contributed by atoms with Gasteiger partial charge >= 0.3 is 0 Å². The first kappa shape index (κ1) is 13.1. The van der Waals surface area contributed by atoms with E-state index >= 15 is 0 Å². The zero-order valence-electron chi connectivity index (χ0n) is 10.9. The van der Waals surface area contributed by atoms with Crippen LogP contribution in [0.2, 0.25) is 5.02 Å². The van der Waals surface area contributed by atoms with Crippen LogP contribution in [0.15, 0.2) is 30.3 Å². The van der Waals surface area contributed by atoms with E-state index in [0.717, 1.165) is 11.1 Å². The van der Waals surface area contributed by atoms with Gasteiger partial charge in [0.05, 0.1) is 10.7 Å². The van der Waals surface area contributed by atoms with Crippen LogP contribution in [-0.2, 0) is 6.54 Å². The third-order valence-corrected chi connectivity index (χ3v) is 3.38. The Kier molecular flexibility index (Phi) is 3.40. The van der Waals surface area contributed by atoms with Crippen molar-refractivity contribution >= 4 is 17.3 Å². The fourth-order valence-electron chi connectivity index (χ4n) is 2.08. The second-order valence-corrected chi connectivity index (χ2v) is 5.06. The van der Waals surface area contributed by atoms with Crippen LogP contribution in [0.25, 0.3) is 0 Å². The van der Waals surface area contributed by atoms with Crippen molar-refractivity contribution in [1.82, 2.24) is 0 Å². The number of fused-ring (bicyclic) bond motifs is 1. The van der Waals surface area contributed by atoms with Gasteiger partial charge in [0.1, 0.15) is 5.82 Å². The van der Waals surface area contributed by atoms with E-state index < -0.39 is 0 Å². The van der Waals surface area contributed by atoms with Crippen molar-refractivity contribution < 1.29 is 13.9 Å². The molecule has 0 spiro atoms. The Morgan fingerprint density at radius 2 is 2.10 bits per heavy atom. The van der Waals surface area contributed by atoms with E-state index in [2.05, 4.69) is 5.32 Å². The molecular weight excluding hydrogens is 281 g/mol. The highest BCUT2D eigenvalue weighted by Gasteiger charge is 2.18. The maximum atomic E-state index is 13.7. The van der Waals surface area contributed by atoms with Gasteiger partial charge in [0, 0.05) is 6.54 Å². The molecule has 1 N–H and O–H groups in total. The van der Waals surface area contributed by atoms with Crippen molar-refractivity contribution in [2.75, 3.05) is 12.1 Å². The van der Waals surface area contributed by atoms with Gasteiger partial charge in [0.25, 0.3) is 0 Å². The van der Waals surface area contributed by atoms with E-state index in [4.69, 9.17) is 21.1 Å². The zero-order valence-corrected chi connectivity index (χ0v) is 11.6. The Bertz CT molecular complexity index is 661. The Morgan fingerprint density at radius 1 is 1.25 bits per heavy atom. The quantitative estimate of drug-likeness (QED) is 0.923. The second kappa shape index (κ2) is 5.21. The molecule has 0 aromatic heterocycles. The van der Waals surface area contributed by atoms with Gasteiger partial charge in [-0.05, 0) is 42.3 Å². The first-order chi connectivity index (χ1) is 9.63. The summed E-state index contributed by atoms with van der Waals surface area (Å²) in [5, 5.41) is 3.55. The predicted molar refractivity (Wildman–Crippen MR) is 76.0 cm³/mol. The van der Waals surface area contributed by atoms with Crippen LogP contribution in [0.3, 0.4) is 0 Å². The number of benzene rings is 2. The predicted octanol–water partition coefficient (Wildman–Crippen LogP) is 4.13. The number of hydrogen-bond acceptors (Lipinski definition) is 3. The number of rotatable bonds is 3. The molecule has 2 aromatic carbocycles. The number of ether oxygens (including phenoxy) is 2. The molecule has 1 aliphatic heterocycles. The minimum absolute atomic E-state index is 0.179. The van der Waals surface area contributed by atoms with Crippen molar-refractivity contribution in [3.63, 3.8) is 0 Å². The second-order valence-electron chi connectivity index (χ2n) is 4.65. The molecule has 104 valence electrons. The number of halogens is 2. The van der Waals surface area contributed by atoms with Crippen LogP contribution >= 0.6 is 11.6 Å². The van der Waals surface area contributed by atoms with Gasteiger partial charge < -0.3 is 14.8 Å². The molecule has 2 aromatic rings. The van der Waals surface area contributed by atoms with E-state index in [1.54, 1.807) is 12.1 Å². The molecule has 3 rings (SSSR count). The van der Waals surface area contributed by atoms with Crippen molar-refractivity contribution in [2.24, 2.45) is 0 Å². The maximum Gasteiger partial charge on any atom is 0.231 e. The van der Waals surface area contributed by atoms with Gasteiger partial charge in [-0.3, -0.25) is 0 Å². The van der Waals surface area contributed by atoms with Crippen molar-refractivity contribution in [3.8, 4) is 11.5 Å². The third kappa shape index (κ3) is 2.51. The summed E-state index contributed by atoms with van der Waals surface area (Å²) in [7, 11) is 0. The SMILES string of the molecule is Cc1ccc(NCc2cc(Cl)c3c(c2)OCO3)c(F)c1. The van der Waals surface area contributed by atoms with Crippen LogP contribution in [0.1, 0.15) is 11.1 Å². The molecule has 0 unspecified atom stereocenters. The zero-order chi connectivity index (χ0) is 14.1. The van der Waals surface area contributed by atoms with Crippen LogP contribution in [0, 0.1) is 12.7 Å². The number of anilines is 1. The summed E-state index contributed by atoms with van der Waals surface area (Å²) in [6, 6.07) is 8.70. The highest BCUT2D eigenvalue weighted by Crippen LogP contribution is 2.39. The Morgan fingerprint density at radius 3 is 2.90 bits per heavy atom. The lowest BCUT2D eigenvalue weighted by Crippen LogP contribution is -2.01. The Hall–Kier alpha value is -1.94. The smallest absolute Gasteiger partial charge is 0.231 e. The lowest BCUT2D eigenvalue weighted by Gasteiger charge is -2.09. The average molecular weight is 294 g/mol. The molecule has 20 heavy (non-hydrogen) atoms. The molecule has 0 bridgehead atoms. The Balaban J connectivity index is 1.77. The molecule has 0 saturated carbocycles. The summed E-state index contributed by atoms with van der Waals surface area (Å²) in [5.41, 5.74) is 2.25. The van der Waals surface area contributed by atoms with E-state index in [1.165, 1.54) is 6.07 Å². The average Bonchev–Trinajstić information content (AvgIpc) is 2.86. The van der Waals surface area contributed by atoms with Crippen LogP contribution in [0.5, 0.6) is 11.5 Å². The molecule has 1 aliphatic rings. The van der Waals surface area contributed by atoms with Gasteiger partial charge in [-0.25, -0.2) is 4.39 Å². The summed E-state index contributed by atoms with van der Waals surface area (Å²) in [6.45, 7) is 2.49. The fraction of sp³-hybridized carbons (Fsp3) is 0.200. The first-order valence-corrected chi connectivity index (χ1v) is 6.59.